The maximum Gasteiger partial charge on any atom is 0.401 e. The lowest BCUT2D eigenvalue weighted by atomic mass is 9.88. The summed E-state index contributed by atoms with van der Waals surface area (Å²) >= 11 is 0. The minimum Gasteiger partial charge on any atom is -0.276 e. The van der Waals surface area contributed by atoms with Crippen LogP contribution >= 0.6 is 0 Å². The average Bonchev–Trinajstić information content (AvgIpc) is 2.64. The van der Waals surface area contributed by atoms with Gasteiger partial charge >= 0.3 is 6.18 Å². The number of hydrogen-bond acceptors (Lipinski definition) is 2. The summed E-state index contributed by atoms with van der Waals surface area (Å²) in [5.74, 6) is 6.18. The lowest BCUT2D eigenvalue weighted by Crippen LogP contribution is -2.53. The van der Waals surface area contributed by atoms with E-state index >= 15 is 0 Å². The molecular formula is C16H17F3N2. The first kappa shape index (κ1) is 14.4. The number of aromatic nitrogens is 1. The number of rotatable bonds is 1. The molecule has 0 radical (unpaired) electrons. The topological polar surface area (TPSA) is 16.1 Å². The van der Waals surface area contributed by atoms with E-state index in [1.54, 1.807) is 23.4 Å². The Morgan fingerprint density at radius 2 is 2.19 bits per heavy atom. The van der Waals surface area contributed by atoms with Crippen molar-refractivity contribution in [3.05, 3.63) is 30.1 Å². The Morgan fingerprint density at radius 1 is 1.33 bits per heavy atom. The first-order chi connectivity index (χ1) is 9.99. The second-order valence-electron chi connectivity index (χ2n) is 5.85. The Kier molecular flexibility index (Phi) is 3.66. The lowest BCUT2D eigenvalue weighted by molar-refractivity contribution is -0.159. The van der Waals surface area contributed by atoms with Crippen molar-refractivity contribution in [3.63, 3.8) is 0 Å². The van der Waals surface area contributed by atoms with Gasteiger partial charge in [-0.25, -0.2) is 0 Å². The summed E-state index contributed by atoms with van der Waals surface area (Å²) in [5, 5.41) is 0. The van der Waals surface area contributed by atoms with E-state index in [1.165, 1.54) is 0 Å². The number of hydrogen-bond donors (Lipinski definition) is 0. The van der Waals surface area contributed by atoms with E-state index in [2.05, 4.69) is 16.8 Å². The molecule has 0 spiro atoms. The molecular weight excluding hydrogens is 277 g/mol. The highest BCUT2D eigenvalue weighted by atomic mass is 19.4. The molecule has 2 aliphatic heterocycles. The Hall–Kier alpha value is -1.54. The third kappa shape index (κ3) is 3.06. The SMILES string of the molecule is FC(F)(F)CN1C2CCCC1(C#Cc1cccnc1)CC2. The molecule has 1 aromatic rings. The number of alkyl halides is 3. The average molecular weight is 294 g/mol. The molecule has 2 unspecified atom stereocenters. The van der Waals surface area contributed by atoms with Crippen molar-refractivity contribution in [1.29, 1.82) is 0 Å². The fraction of sp³-hybridized carbons (Fsp3) is 0.562. The van der Waals surface area contributed by atoms with Gasteiger partial charge in [0.05, 0.1) is 12.1 Å². The van der Waals surface area contributed by atoms with E-state index in [0.29, 0.717) is 0 Å². The van der Waals surface area contributed by atoms with Crippen molar-refractivity contribution in [1.82, 2.24) is 9.88 Å². The minimum absolute atomic E-state index is 0.0311. The number of pyridine rings is 1. The molecule has 2 bridgehead atoms. The quantitative estimate of drug-likeness (QED) is 0.738. The lowest BCUT2D eigenvalue weighted by Gasteiger charge is -2.41. The largest absolute Gasteiger partial charge is 0.401 e. The molecule has 2 atom stereocenters. The van der Waals surface area contributed by atoms with E-state index in [4.69, 9.17) is 0 Å². The molecule has 0 N–H and O–H groups in total. The summed E-state index contributed by atoms with van der Waals surface area (Å²) < 4.78 is 38.5. The van der Waals surface area contributed by atoms with Crippen molar-refractivity contribution in [2.75, 3.05) is 6.54 Å². The summed E-state index contributed by atoms with van der Waals surface area (Å²) in [4.78, 5) is 5.59. The van der Waals surface area contributed by atoms with Crippen LogP contribution in [-0.2, 0) is 0 Å². The molecule has 0 saturated carbocycles. The Morgan fingerprint density at radius 3 is 2.90 bits per heavy atom. The fourth-order valence-corrected chi connectivity index (χ4v) is 3.55. The third-order valence-electron chi connectivity index (χ3n) is 4.46. The molecule has 2 saturated heterocycles. The van der Waals surface area contributed by atoms with Crippen molar-refractivity contribution in [2.24, 2.45) is 0 Å². The van der Waals surface area contributed by atoms with Crippen LogP contribution in [0.1, 0.15) is 37.7 Å². The van der Waals surface area contributed by atoms with Crippen molar-refractivity contribution < 1.29 is 13.2 Å². The molecule has 21 heavy (non-hydrogen) atoms. The minimum atomic E-state index is -4.17. The van der Waals surface area contributed by atoms with E-state index in [9.17, 15) is 13.2 Å². The van der Waals surface area contributed by atoms with Gasteiger partial charge in [0.25, 0.3) is 0 Å². The van der Waals surface area contributed by atoms with Gasteiger partial charge in [0.1, 0.15) is 0 Å². The Bertz CT molecular complexity index is 554. The molecule has 112 valence electrons. The molecule has 5 heteroatoms. The second-order valence-corrected chi connectivity index (χ2v) is 5.85. The van der Waals surface area contributed by atoms with Crippen LogP contribution in [0.2, 0.25) is 0 Å². The van der Waals surface area contributed by atoms with Gasteiger partial charge in [-0.2, -0.15) is 13.2 Å². The maximum absolute atomic E-state index is 12.8. The first-order valence-electron chi connectivity index (χ1n) is 7.25. The molecule has 3 rings (SSSR count). The van der Waals surface area contributed by atoms with Gasteiger partial charge in [0.2, 0.25) is 0 Å². The van der Waals surface area contributed by atoms with Gasteiger partial charge in [-0.1, -0.05) is 11.8 Å². The zero-order chi connectivity index (χ0) is 14.9. The van der Waals surface area contributed by atoms with Gasteiger partial charge in [-0.05, 0) is 44.2 Å². The van der Waals surface area contributed by atoms with Crippen molar-refractivity contribution in [2.45, 2.75) is 49.9 Å². The summed E-state index contributed by atoms with van der Waals surface area (Å²) in [6, 6.07) is 3.65. The maximum atomic E-state index is 12.8. The molecule has 0 aromatic carbocycles. The Balaban J connectivity index is 1.88. The van der Waals surface area contributed by atoms with Gasteiger partial charge < -0.3 is 0 Å². The number of nitrogens with zero attached hydrogens (tertiary/aromatic N) is 2. The van der Waals surface area contributed by atoms with E-state index in [0.717, 1.165) is 37.7 Å². The van der Waals surface area contributed by atoms with Crippen LogP contribution in [0.15, 0.2) is 24.5 Å². The smallest absolute Gasteiger partial charge is 0.276 e. The second kappa shape index (κ2) is 5.34. The summed E-state index contributed by atoms with van der Waals surface area (Å²) in [5.41, 5.74) is 0.154. The highest BCUT2D eigenvalue weighted by molar-refractivity contribution is 5.36. The fourth-order valence-electron chi connectivity index (χ4n) is 3.55. The summed E-state index contributed by atoms with van der Waals surface area (Å²) in [6.07, 6.45) is 3.23. The zero-order valence-electron chi connectivity index (χ0n) is 11.7. The number of fused-ring (bicyclic) bond motifs is 2. The Labute approximate surface area is 122 Å². The number of piperidine rings is 1. The molecule has 0 aliphatic carbocycles. The van der Waals surface area contributed by atoms with Crippen LogP contribution < -0.4 is 0 Å². The normalized spacial score (nSPS) is 29.0. The molecule has 2 aliphatic rings. The highest BCUT2D eigenvalue weighted by Crippen LogP contribution is 2.45. The van der Waals surface area contributed by atoms with Crippen LogP contribution in [0.25, 0.3) is 0 Å². The van der Waals surface area contributed by atoms with Crippen LogP contribution in [0.5, 0.6) is 0 Å². The van der Waals surface area contributed by atoms with Crippen LogP contribution in [-0.4, -0.2) is 34.2 Å². The predicted molar refractivity (Wildman–Crippen MR) is 73.5 cm³/mol. The first-order valence-corrected chi connectivity index (χ1v) is 7.25. The van der Waals surface area contributed by atoms with E-state index < -0.39 is 18.3 Å². The van der Waals surface area contributed by atoms with Crippen LogP contribution in [0.3, 0.4) is 0 Å². The zero-order valence-corrected chi connectivity index (χ0v) is 11.7. The van der Waals surface area contributed by atoms with E-state index in [-0.39, 0.29) is 6.04 Å². The van der Waals surface area contributed by atoms with Crippen LogP contribution in [0.4, 0.5) is 13.2 Å². The summed E-state index contributed by atoms with van der Waals surface area (Å²) in [6.45, 7) is -0.848. The van der Waals surface area contributed by atoms with Crippen LogP contribution in [0, 0.1) is 11.8 Å². The molecule has 3 heterocycles. The van der Waals surface area contributed by atoms with E-state index in [1.807, 2.05) is 6.07 Å². The summed E-state index contributed by atoms with van der Waals surface area (Å²) in [7, 11) is 0. The van der Waals surface area contributed by atoms with Gasteiger partial charge in [-0.15, -0.1) is 0 Å². The van der Waals surface area contributed by atoms with Gasteiger partial charge in [0.15, 0.2) is 0 Å². The van der Waals surface area contributed by atoms with Crippen molar-refractivity contribution in [3.8, 4) is 11.8 Å². The predicted octanol–water partition coefficient (Wildman–Crippen LogP) is 3.38. The highest BCUT2D eigenvalue weighted by Gasteiger charge is 2.51. The van der Waals surface area contributed by atoms with Gasteiger partial charge in [-0.3, -0.25) is 9.88 Å². The third-order valence-corrected chi connectivity index (χ3v) is 4.46. The molecule has 2 nitrogen and oxygen atoms in total. The monoisotopic (exact) mass is 294 g/mol. The standard InChI is InChI=1S/C16H17F3N2/c17-16(18,19)12-21-14-4-1-7-15(21,9-6-14)8-5-13-3-2-10-20-11-13/h2-3,10-11,14H,1,4,6-7,9,12H2. The van der Waals surface area contributed by atoms with Crippen molar-refractivity contribution >= 4 is 0 Å². The molecule has 0 amide bonds. The van der Waals surface area contributed by atoms with Gasteiger partial charge in [0, 0.05) is 24.0 Å². The number of halogens is 3. The molecule has 1 aromatic heterocycles. The molecule has 2 fully saturated rings.